The van der Waals surface area contributed by atoms with Crippen LogP contribution < -0.4 is 0 Å². The van der Waals surface area contributed by atoms with Crippen LogP contribution in [0.1, 0.15) is 0 Å². The number of fused-ring (bicyclic) bond motifs is 1. The van der Waals surface area contributed by atoms with Crippen LogP contribution in [-0.4, -0.2) is 4.98 Å². The number of aromatic nitrogens is 1. The highest BCUT2D eigenvalue weighted by Gasteiger charge is 2.00. The molecule has 2 nitrogen and oxygen atoms in total. The average molecular weight is 194 g/mol. The molecular formula is C13H8NO. The van der Waals surface area contributed by atoms with Gasteiger partial charge in [0, 0.05) is 23.3 Å². The normalized spacial score (nSPS) is 10.7. The molecule has 2 heteroatoms. The molecule has 0 spiro atoms. The van der Waals surface area contributed by atoms with Crippen molar-refractivity contribution in [1.82, 2.24) is 4.98 Å². The van der Waals surface area contributed by atoms with Crippen molar-refractivity contribution in [2.75, 3.05) is 0 Å². The number of benzene rings is 1. The fourth-order valence-electron chi connectivity index (χ4n) is 1.62. The zero-order valence-electron chi connectivity index (χ0n) is 7.97. The Kier molecular flexibility index (Phi) is 1.78. The fourth-order valence-corrected chi connectivity index (χ4v) is 1.62. The fraction of sp³-hybridized carbons (Fsp3) is 0. The Bertz CT molecular complexity index is 584. The monoisotopic (exact) mass is 194 g/mol. The Morgan fingerprint density at radius 3 is 3.00 bits per heavy atom. The van der Waals surface area contributed by atoms with Gasteiger partial charge in [-0.1, -0.05) is 12.1 Å². The smallest absolute Gasteiger partial charge is 0.170 e. The molecule has 0 N–H and O–H groups in total. The Balaban J connectivity index is 2.19. The number of rotatable bonds is 1. The molecule has 2 aromatic heterocycles. The van der Waals surface area contributed by atoms with Crippen LogP contribution >= 0.6 is 0 Å². The second kappa shape index (κ2) is 3.24. The largest absolute Gasteiger partial charge is 0.453 e. The molecule has 0 saturated carbocycles. The van der Waals surface area contributed by atoms with Crippen LogP contribution in [0.3, 0.4) is 0 Å². The van der Waals surface area contributed by atoms with Crippen molar-refractivity contribution in [3.05, 3.63) is 55.1 Å². The first-order valence-electron chi connectivity index (χ1n) is 4.73. The molecule has 1 aromatic carbocycles. The van der Waals surface area contributed by atoms with Crippen LogP contribution in [0.25, 0.3) is 22.1 Å². The minimum absolute atomic E-state index is 0.864. The van der Waals surface area contributed by atoms with Crippen LogP contribution in [0.5, 0.6) is 0 Å². The van der Waals surface area contributed by atoms with E-state index in [1.807, 2.05) is 36.5 Å². The van der Waals surface area contributed by atoms with Crippen LogP contribution in [0.15, 0.2) is 53.2 Å². The second-order valence-electron chi connectivity index (χ2n) is 3.36. The summed E-state index contributed by atoms with van der Waals surface area (Å²) in [4.78, 5) is 4.10. The maximum Gasteiger partial charge on any atom is 0.170 e. The first-order valence-corrected chi connectivity index (χ1v) is 4.73. The summed E-state index contributed by atoms with van der Waals surface area (Å²) in [5.41, 5.74) is 3.12. The third-order valence-corrected chi connectivity index (χ3v) is 2.39. The lowest BCUT2D eigenvalue weighted by Crippen LogP contribution is -1.78. The topological polar surface area (TPSA) is 26.0 Å². The summed E-state index contributed by atoms with van der Waals surface area (Å²) in [7, 11) is 0. The molecule has 71 valence electrons. The summed E-state index contributed by atoms with van der Waals surface area (Å²) in [6.07, 6.45) is 6.35. The van der Waals surface area contributed by atoms with Crippen LogP contribution in [0.2, 0.25) is 0 Å². The van der Waals surface area contributed by atoms with E-state index in [0.29, 0.717) is 0 Å². The van der Waals surface area contributed by atoms with Crippen molar-refractivity contribution < 1.29 is 4.42 Å². The summed E-state index contributed by atoms with van der Waals surface area (Å²) in [6.45, 7) is 0. The number of nitrogens with zero attached hydrogens (tertiary/aromatic N) is 1. The molecule has 0 aliphatic heterocycles. The molecule has 3 aromatic rings. The van der Waals surface area contributed by atoms with E-state index in [2.05, 4.69) is 17.3 Å². The number of hydrogen-bond acceptors (Lipinski definition) is 2. The predicted octanol–water partition coefficient (Wildman–Crippen LogP) is 3.29. The zero-order valence-corrected chi connectivity index (χ0v) is 7.97. The quantitative estimate of drug-likeness (QED) is 0.594. The maximum atomic E-state index is 5.17. The third kappa shape index (κ3) is 1.40. The van der Waals surface area contributed by atoms with Gasteiger partial charge in [-0.3, -0.25) is 4.98 Å². The van der Waals surface area contributed by atoms with Gasteiger partial charge in [0.1, 0.15) is 5.58 Å². The van der Waals surface area contributed by atoms with Crippen LogP contribution in [0, 0.1) is 6.26 Å². The second-order valence-corrected chi connectivity index (χ2v) is 3.36. The van der Waals surface area contributed by atoms with Gasteiger partial charge in [-0.05, 0) is 29.8 Å². The number of pyridine rings is 1. The summed E-state index contributed by atoms with van der Waals surface area (Å²) >= 11 is 0. The highest BCUT2D eigenvalue weighted by Crippen LogP contribution is 2.23. The molecule has 0 amide bonds. The lowest BCUT2D eigenvalue weighted by atomic mass is 10.1. The summed E-state index contributed by atoms with van der Waals surface area (Å²) in [6, 6.07) is 11.9. The van der Waals surface area contributed by atoms with Crippen LogP contribution in [-0.2, 0) is 0 Å². The van der Waals surface area contributed by atoms with Crippen LogP contribution in [0.4, 0.5) is 0 Å². The first kappa shape index (κ1) is 8.24. The molecule has 0 bridgehead atoms. The molecule has 0 atom stereocenters. The van der Waals surface area contributed by atoms with Gasteiger partial charge in [-0.15, -0.1) is 0 Å². The van der Waals surface area contributed by atoms with Gasteiger partial charge in [0.2, 0.25) is 0 Å². The van der Waals surface area contributed by atoms with Crippen molar-refractivity contribution >= 4 is 11.0 Å². The van der Waals surface area contributed by atoms with Gasteiger partial charge in [0.25, 0.3) is 0 Å². The molecule has 0 aliphatic carbocycles. The molecule has 2 heterocycles. The Morgan fingerprint density at radius 1 is 1.13 bits per heavy atom. The van der Waals surface area contributed by atoms with Gasteiger partial charge < -0.3 is 4.42 Å². The highest BCUT2D eigenvalue weighted by atomic mass is 16.3. The Labute approximate surface area is 87.2 Å². The molecule has 1 radical (unpaired) electrons. The number of hydrogen-bond donors (Lipinski definition) is 0. The lowest BCUT2D eigenvalue weighted by Gasteiger charge is -1.99. The van der Waals surface area contributed by atoms with Gasteiger partial charge in [-0.2, -0.15) is 0 Å². The van der Waals surface area contributed by atoms with E-state index in [4.69, 9.17) is 4.42 Å². The predicted molar refractivity (Wildman–Crippen MR) is 58.3 cm³/mol. The Morgan fingerprint density at radius 2 is 2.13 bits per heavy atom. The third-order valence-electron chi connectivity index (χ3n) is 2.39. The van der Waals surface area contributed by atoms with E-state index in [1.165, 1.54) is 0 Å². The van der Waals surface area contributed by atoms with E-state index in [1.54, 1.807) is 6.20 Å². The lowest BCUT2D eigenvalue weighted by molar-refractivity contribution is 0.606. The van der Waals surface area contributed by atoms with E-state index >= 15 is 0 Å². The highest BCUT2D eigenvalue weighted by molar-refractivity contribution is 5.83. The summed E-state index contributed by atoms with van der Waals surface area (Å²) < 4.78 is 5.17. The summed E-state index contributed by atoms with van der Waals surface area (Å²) in [5, 5.41) is 1.07. The molecule has 0 aliphatic rings. The van der Waals surface area contributed by atoms with Crippen molar-refractivity contribution in [2.24, 2.45) is 0 Å². The Hall–Kier alpha value is -2.09. The minimum Gasteiger partial charge on any atom is -0.453 e. The average Bonchev–Trinajstić information content (AvgIpc) is 2.77. The van der Waals surface area contributed by atoms with Crippen molar-refractivity contribution in [3.8, 4) is 11.1 Å². The molecule has 0 saturated heterocycles. The zero-order chi connectivity index (χ0) is 10.1. The van der Waals surface area contributed by atoms with Crippen molar-refractivity contribution in [3.63, 3.8) is 0 Å². The van der Waals surface area contributed by atoms with Crippen molar-refractivity contribution in [2.45, 2.75) is 0 Å². The first-order chi connectivity index (χ1) is 7.43. The van der Waals surface area contributed by atoms with Gasteiger partial charge >= 0.3 is 0 Å². The van der Waals surface area contributed by atoms with Gasteiger partial charge in [-0.25, -0.2) is 0 Å². The molecular weight excluding hydrogens is 186 g/mol. The van der Waals surface area contributed by atoms with E-state index in [-0.39, 0.29) is 0 Å². The summed E-state index contributed by atoms with van der Waals surface area (Å²) in [5.74, 6) is 0. The van der Waals surface area contributed by atoms with Gasteiger partial charge in [0.15, 0.2) is 6.26 Å². The number of furan rings is 1. The van der Waals surface area contributed by atoms with E-state index in [0.717, 1.165) is 22.1 Å². The van der Waals surface area contributed by atoms with Crippen molar-refractivity contribution in [1.29, 1.82) is 0 Å². The molecule has 0 unspecified atom stereocenters. The van der Waals surface area contributed by atoms with E-state index in [9.17, 15) is 0 Å². The molecule has 0 fully saturated rings. The van der Waals surface area contributed by atoms with Gasteiger partial charge in [0.05, 0.1) is 0 Å². The molecule has 3 rings (SSSR count). The SMILES string of the molecule is [c]1cc2cc(-c3cccnc3)ccc2o1. The standard InChI is InChI=1S/C13H8NO/c1-2-12(9-14-6-1)10-3-4-13-11(8-10)5-7-15-13/h1-6,8-9H. The minimum atomic E-state index is 0.864. The molecule has 15 heavy (non-hydrogen) atoms. The maximum absolute atomic E-state index is 5.17. The van der Waals surface area contributed by atoms with E-state index < -0.39 is 0 Å².